The van der Waals surface area contributed by atoms with Gasteiger partial charge in [-0.2, -0.15) is 0 Å². The maximum atomic E-state index is 13.2. The first-order chi connectivity index (χ1) is 11.9. The molecule has 6 nitrogen and oxygen atoms in total. The number of imide groups is 1. The average Bonchev–Trinajstić information content (AvgIpc) is 3.13. The number of nitrogens with two attached hydrogens (primary N) is 1. The summed E-state index contributed by atoms with van der Waals surface area (Å²) in [6.45, 7) is 6.38. The summed E-state index contributed by atoms with van der Waals surface area (Å²) >= 11 is 0. The molecule has 2 saturated heterocycles. The zero-order valence-corrected chi connectivity index (χ0v) is 14.8. The summed E-state index contributed by atoms with van der Waals surface area (Å²) < 4.78 is 0. The van der Waals surface area contributed by atoms with Crippen LogP contribution in [-0.2, 0) is 19.9 Å². The molecule has 0 saturated carbocycles. The fourth-order valence-electron chi connectivity index (χ4n) is 4.91. The molecular formula is C19H24N3O3+. The molecule has 1 spiro atoms. The Morgan fingerprint density at radius 2 is 2.00 bits per heavy atom. The van der Waals surface area contributed by atoms with Crippen molar-refractivity contribution in [3.63, 3.8) is 0 Å². The van der Waals surface area contributed by atoms with E-state index in [1.165, 1.54) is 4.90 Å². The molecule has 0 bridgehead atoms. The highest BCUT2D eigenvalue weighted by Crippen LogP contribution is 2.49. The van der Waals surface area contributed by atoms with Crippen LogP contribution in [-0.4, -0.2) is 35.2 Å². The topological polar surface area (TPSA) is 83.1 Å². The highest BCUT2D eigenvalue weighted by molar-refractivity contribution is 6.14. The third-order valence-corrected chi connectivity index (χ3v) is 6.09. The van der Waals surface area contributed by atoms with Gasteiger partial charge in [-0.1, -0.05) is 31.5 Å². The smallest absolute Gasteiger partial charge is 0.291 e. The van der Waals surface area contributed by atoms with E-state index >= 15 is 0 Å². The van der Waals surface area contributed by atoms with Crippen molar-refractivity contribution in [1.29, 1.82) is 0 Å². The van der Waals surface area contributed by atoms with Gasteiger partial charge in [0.05, 0.1) is 11.7 Å². The van der Waals surface area contributed by atoms with Crippen LogP contribution in [0.15, 0.2) is 18.2 Å². The summed E-state index contributed by atoms with van der Waals surface area (Å²) in [4.78, 5) is 40.5. The van der Waals surface area contributed by atoms with Crippen LogP contribution in [0.1, 0.15) is 37.8 Å². The van der Waals surface area contributed by atoms with E-state index in [0.29, 0.717) is 6.54 Å². The number of quaternary nitrogens is 1. The zero-order valence-electron chi connectivity index (χ0n) is 14.8. The highest BCUT2D eigenvalue weighted by Gasteiger charge is 2.73. The molecule has 3 aliphatic heterocycles. The van der Waals surface area contributed by atoms with Gasteiger partial charge in [-0.05, 0) is 25.8 Å². The lowest BCUT2D eigenvalue weighted by Gasteiger charge is -2.25. The van der Waals surface area contributed by atoms with Gasteiger partial charge < -0.3 is 10.6 Å². The van der Waals surface area contributed by atoms with Crippen molar-refractivity contribution in [3.8, 4) is 0 Å². The van der Waals surface area contributed by atoms with Crippen LogP contribution < -0.4 is 10.6 Å². The Hall–Kier alpha value is -2.21. The number of nitrogens with zero attached hydrogens (tertiary/aromatic N) is 1. The number of carbonyl (C=O) groups excluding carboxylic acids is 3. The minimum absolute atomic E-state index is 0.106. The fraction of sp³-hybridized carbons (Fsp3) is 0.526. The minimum Gasteiger partial charge on any atom is -0.326 e. The molecule has 0 aliphatic carbocycles. The molecule has 3 heterocycles. The van der Waals surface area contributed by atoms with Crippen molar-refractivity contribution in [2.75, 3.05) is 11.9 Å². The Bertz CT molecular complexity index is 790. The third kappa shape index (κ3) is 1.91. The first kappa shape index (κ1) is 16.3. The molecule has 1 aromatic carbocycles. The number of likely N-dealkylation sites (tertiary alicyclic amines) is 1. The van der Waals surface area contributed by atoms with Crippen molar-refractivity contribution >= 4 is 23.4 Å². The molecular weight excluding hydrogens is 318 g/mol. The summed E-state index contributed by atoms with van der Waals surface area (Å²) in [6.07, 6.45) is 1.71. The van der Waals surface area contributed by atoms with Crippen molar-refractivity contribution < 1.29 is 19.7 Å². The molecule has 3 amide bonds. The molecule has 132 valence electrons. The average molecular weight is 342 g/mol. The van der Waals surface area contributed by atoms with E-state index in [1.54, 1.807) is 0 Å². The second-order valence-corrected chi connectivity index (χ2v) is 7.53. The molecule has 0 radical (unpaired) electrons. The molecule has 2 fully saturated rings. The van der Waals surface area contributed by atoms with E-state index in [9.17, 15) is 14.4 Å². The number of nitrogens with one attached hydrogen (secondary N) is 1. The first-order valence-electron chi connectivity index (χ1n) is 9.06. The van der Waals surface area contributed by atoms with Gasteiger partial charge in [-0.25, -0.2) is 0 Å². The van der Waals surface area contributed by atoms with Crippen LogP contribution in [0.2, 0.25) is 0 Å². The van der Waals surface area contributed by atoms with Gasteiger partial charge in [0.15, 0.2) is 0 Å². The number of hydrogen-bond donors (Lipinski definition) is 2. The lowest BCUT2D eigenvalue weighted by atomic mass is 9.76. The number of unbranched alkanes of at least 4 members (excludes halogenated alkanes) is 1. The number of para-hydroxylation sites is 1. The summed E-state index contributed by atoms with van der Waals surface area (Å²) in [7, 11) is 0. The van der Waals surface area contributed by atoms with Crippen LogP contribution in [0.25, 0.3) is 0 Å². The quantitative estimate of drug-likeness (QED) is 0.785. The number of rotatable bonds is 3. The van der Waals surface area contributed by atoms with E-state index in [2.05, 4.69) is 5.32 Å². The predicted molar refractivity (Wildman–Crippen MR) is 91.5 cm³/mol. The van der Waals surface area contributed by atoms with Crippen molar-refractivity contribution in [1.82, 2.24) is 4.90 Å². The lowest BCUT2D eigenvalue weighted by molar-refractivity contribution is -0.730. The predicted octanol–water partition coefficient (Wildman–Crippen LogP) is 0.509. The summed E-state index contributed by atoms with van der Waals surface area (Å²) in [5.41, 5.74) is 1.60. The van der Waals surface area contributed by atoms with Crippen LogP contribution in [0.5, 0.6) is 0 Å². The standard InChI is InChI=1S/C19H23N3O3/c1-4-5-9-22-16(23)13-11(3)21-19(14(13)17(22)24)12-8-6-7-10(2)15(12)20-18(19)25/h6-8,11,13-14,21H,4-5,9H2,1-3H3,(H,20,25)/p+1/t11-,13+,14-,19-/m0/s1. The van der Waals surface area contributed by atoms with Gasteiger partial charge in [0.1, 0.15) is 11.8 Å². The number of carbonyl (C=O) groups is 3. The van der Waals surface area contributed by atoms with Gasteiger partial charge in [-0.3, -0.25) is 19.3 Å². The van der Waals surface area contributed by atoms with Crippen LogP contribution >= 0.6 is 0 Å². The molecule has 4 atom stereocenters. The first-order valence-corrected chi connectivity index (χ1v) is 9.06. The summed E-state index contributed by atoms with van der Waals surface area (Å²) in [5.74, 6) is -1.52. The van der Waals surface area contributed by atoms with Crippen LogP contribution in [0.3, 0.4) is 0 Å². The van der Waals surface area contributed by atoms with Gasteiger partial charge in [-0.15, -0.1) is 0 Å². The zero-order chi connectivity index (χ0) is 17.9. The van der Waals surface area contributed by atoms with E-state index < -0.39 is 17.4 Å². The number of aryl methyl sites for hydroxylation is 1. The summed E-state index contributed by atoms with van der Waals surface area (Å²) in [5, 5.41) is 4.91. The number of fused-ring (bicyclic) bond motifs is 4. The van der Waals surface area contributed by atoms with Gasteiger partial charge >= 0.3 is 0 Å². The molecule has 4 rings (SSSR count). The second-order valence-electron chi connectivity index (χ2n) is 7.53. The SMILES string of the molecule is CCCCN1C(=O)[C@@H]2[C@H](C)[NH2+][C@]3(C(=O)Nc4c(C)cccc43)[C@@H]2C1=O. The maximum Gasteiger partial charge on any atom is 0.291 e. The molecule has 1 aromatic rings. The van der Waals surface area contributed by atoms with Gasteiger partial charge in [0, 0.05) is 12.1 Å². The lowest BCUT2D eigenvalue weighted by Crippen LogP contribution is -2.98. The normalized spacial score (nSPS) is 33.2. The largest absolute Gasteiger partial charge is 0.326 e. The second kappa shape index (κ2) is 5.39. The monoisotopic (exact) mass is 342 g/mol. The highest BCUT2D eigenvalue weighted by atomic mass is 16.2. The molecule has 3 aliphatic rings. The van der Waals surface area contributed by atoms with E-state index in [-0.39, 0.29) is 23.8 Å². The molecule has 0 aromatic heterocycles. The van der Waals surface area contributed by atoms with E-state index in [4.69, 9.17) is 0 Å². The Morgan fingerprint density at radius 3 is 2.72 bits per heavy atom. The van der Waals surface area contributed by atoms with Crippen molar-refractivity contribution in [2.45, 2.75) is 45.2 Å². The Labute approximate surface area is 147 Å². The molecule has 6 heteroatoms. The Morgan fingerprint density at radius 1 is 1.24 bits per heavy atom. The molecule has 25 heavy (non-hydrogen) atoms. The molecule has 0 unspecified atom stereocenters. The number of benzene rings is 1. The van der Waals surface area contributed by atoms with Gasteiger partial charge in [0.2, 0.25) is 17.4 Å². The number of anilines is 1. The fourth-order valence-corrected chi connectivity index (χ4v) is 4.91. The van der Waals surface area contributed by atoms with Gasteiger partial charge in [0.25, 0.3) is 5.91 Å². The Balaban J connectivity index is 1.84. The van der Waals surface area contributed by atoms with E-state index in [0.717, 1.165) is 29.7 Å². The third-order valence-electron chi connectivity index (χ3n) is 6.09. The maximum absolute atomic E-state index is 13.2. The van der Waals surface area contributed by atoms with Crippen LogP contribution in [0.4, 0.5) is 5.69 Å². The number of hydrogen-bond acceptors (Lipinski definition) is 3. The Kier molecular flexibility index (Phi) is 3.51. The van der Waals surface area contributed by atoms with Crippen molar-refractivity contribution in [2.24, 2.45) is 11.8 Å². The van der Waals surface area contributed by atoms with Crippen molar-refractivity contribution in [3.05, 3.63) is 29.3 Å². The van der Waals surface area contributed by atoms with Crippen LogP contribution in [0, 0.1) is 18.8 Å². The number of amides is 3. The summed E-state index contributed by atoms with van der Waals surface area (Å²) in [6, 6.07) is 5.67. The minimum atomic E-state index is -1.01. The van der Waals surface area contributed by atoms with E-state index in [1.807, 2.05) is 44.3 Å². The molecule has 3 N–H and O–H groups in total.